The molecule has 2 aromatic carbocycles. The molecule has 0 unspecified atom stereocenters. The Morgan fingerprint density at radius 1 is 0.949 bits per heavy atom. The standard InChI is InChI=1S/C31H35N7O/c1-3-15-37-16-18-38(19-17-37)22-24-7-9-25(10-8-24)30(39)34-27-11-6-23(2)29(20-27)36-31-33-14-12-28(35-31)26-5-4-13-32-21-26/h4-14,20-21H,3,15-19,22H2,1-2H3,(H,34,39)(H,33,35,36). The Kier molecular flexibility index (Phi) is 8.55. The number of carbonyl (C=O) groups is 1. The van der Waals surface area contributed by atoms with E-state index in [9.17, 15) is 4.79 Å². The lowest BCUT2D eigenvalue weighted by molar-refractivity contribution is 0.102. The fourth-order valence-corrected chi connectivity index (χ4v) is 4.76. The van der Waals surface area contributed by atoms with Gasteiger partial charge in [0.1, 0.15) is 0 Å². The molecule has 4 aromatic rings. The van der Waals surface area contributed by atoms with Crippen molar-refractivity contribution in [1.82, 2.24) is 24.8 Å². The monoisotopic (exact) mass is 521 g/mol. The third-order valence-electron chi connectivity index (χ3n) is 6.98. The smallest absolute Gasteiger partial charge is 0.255 e. The first kappa shape index (κ1) is 26.5. The van der Waals surface area contributed by atoms with Crippen molar-refractivity contribution < 1.29 is 4.79 Å². The molecule has 0 radical (unpaired) electrons. The second-order valence-electron chi connectivity index (χ2n) is 9.93. The highest BCUT2D eigenvalue weighted by Gasteiger charge is 2.16. The molecule has 0 saturated carbocycles. The van der Waals surface area contributed by atoms with Crippen molar-refractivity contribution in [2.24, 2.45) is 0 Å². The van der Waals surface area contributed by atoms with Crippen LogP contribution < -0.4 is 10.6 Å². The van der Waals surface area contributed by atoms with Crippen LogP contribution in [0.5, 0.6) is 0 Å². The van der Waals surface area contributed by atoms with E-state index in [1.807, 2.05) is 55.5 Å². The number of aromatic nitrogens is 3. The third kappa shape index (κ3) is 7.04. The average molecular weight is 522 g/mol. The van der Waals surface area contributed by atoms with Gasteiger partial charge in [-0.2, -0.15) is 0 Å². The molecule has 3 heterocycles. The van der Waals surface area contributed by atoms with E-state index in [1.165, 1.54) is 18.5 Å². The van der Waals surface area contributed by atoms with Gasteiger partial charge in [-0.1, -0.05) is 25.1 Å². The molecule has 1 saturated heterocycles. The highest BCUT2D eigenvalue weighted by Crippen LogP contribution is 2.25. The lowest BCUT2D eigenvalue weighted by atomic mass is 10.1. The summed E-state index contributed by atoms with van der Waals surface area (Å²) in [6.07, 6.45) is 6.43. The Morgan fingerprint density at radius 2 is 1.74 bits per heavy atom. The van der Waals surface area contributed by atoms with Gasteiger partial charge in [-0.3, -0.25) is 14.7 Å². The molecule has 2 aromatic heterocycles. The van der Waals surface area contributed by atoms with Crippen LogP contribution in [0, 0.1) is 6.92 Å². The number of piperazine rings is 1. The zero-order valence-corrected chi connectivity index (χ0v) is 22.6. The first-order valence-electron chi connectivity index (χ1n) is 13.5. The van der Waals surface area contributed by atoms with E-state index < -0.39 is 0 Å². The van der Waals surface area contributed by atoms with Crippen molar-refractivity contribution >= 4 is 23.2 Å². The van der Waals surface area contributed by atoms with Crippen molar-refractivity contribution in [3.8, 4) is 11.3 Å². The van der Waals surface area contributed by atoms with Crippen LogP contribution in [0.15, 0.2) is 79.3 Å². The van der Waals surface area contributed by atoms with Gasteiger partial charge in [0.25, 0.3) is 5.91 Å². The Hall–Kier alpha value is -4.14. The predicted molar refractivity (Wildman–Crippen MR) is 156 cm³/mol. The van der Waals surface area contributed by atoms with Crippen LogP contribution in [-0.4, -0.2) is 63.4 Å². The van der Waals surface area contributed by atoms with Crippen molar-refractivity contribution in [2.75, 3.05) is 43.4 Å². The molecule has 8 heteroatoms. The number of anilines is 3. The summed E-state index contributed by atoms with van der Waals surface area (Å²) >= 11 is 0. The quantitative estimate of drug-likeness (QED) is 0.306. The minimum absolute atomic E-state index is 0.139. The number of carbonyl (C=O) groups excluding carboxylic acids is 1. The van der Waals surface area contributed by atoms with Gasteiger partial charge in [0.2, 0.25) is 5.95 Å². The lowest BCUT2D eigenvalue weighted by Gasteiger charge is -2.34. The molecule has 1 amide bonds. The van der Waals surface area contributed by atoms with E-state index in [2.05, 4.69) is 54.4 Å². The Labute approximate surface area is 230 Å². The van der Waals surface area contributed by atoms with Crippen LogP contribution in [0.4, 0.5) is 17.3 Å². The number of benzene rings is 2. The van der Waals surface area contributed by atoms with Crippen molar-refractivity contribution in [3.63, 3.8) is 0 Å². The molecule has 1 aliphatic heterocycles. The molecular weight excluding hydrogens is 486 g/mol. The summed E-state index contributed by atoms with van der Waals surface area (Å²) in [6.45, 7) is 10.8. The summed E-state index contributed by atoms with van der Waals surface area (Å²) in [5.41, 5.74) is 6.10. The first-order valence-corrected chi connectivity index (χ1v) is 13.5. The molecule has 0 atom stereocenters. The highest BCUT2D eigenvalue weighted by atomic mass is 16.1. The maximum Gasteiger partial charge on any atom is 0.255 e. The summed E-state index contributed by atoms with van der Waals surface area (Å²) in [4.78, 5) is 31.2. The van der Waals surface area contributed by atoms with Gasteiger partial charge < -0.3 is 15.5 Å². The van der Waals surface area contributed by atoms with Crippen molar-refractivity contribution in [2.45, 2.75) is 26.8 Å². The van der Waals surface area contributed by atoms with E-state index in [1.54, 1.807) is 18.6 Å². The van der Waals surface area contributed by atoms with Crippen LogP contribution in [0.3, 0.4) is 0 Å². The topological polar surface area (TPSA) is 86.3 Å². The van der Waals surface area contributed by atoms with E-state index in [0.29, 0.717) is 17.2 Å². The van der Waals surface area contributed by atoms with Crippen LogP contribution in [0.2, 0.25) is 0 Å². The van der Waals surface area contributed by atoms with E-state index in [4.69, 9.17) is 0 Å². The third-order valence-corrected chi connectivity index (χ3v) is 6.98. The molecule has 0 spiro atoms. The summed E-state index contributed by atoms with van der Waals surface area (Å²) in [5.74, 6) is 0.338. The number of pyridine rings is 1. The molecule has 0 aliphatic carbocycles. The lowest BCUT2D eigenvalue weighted by Crippen LogP contribution is -2.45. The minimum Gasteiger partial charge on any atom is -0.324 e. The second-order valence-corrected chi connectivity index (χ2v) is 9.93. The second kappa shape index (κ2) is 12.6. The molecule has 1 fully saturated rings. The summed E-state index contributed by atoms with van der Waals surface area (Å²) < 4.78 is 0. The number of hydrogen-bond acceptors (Lipinski definition) is 7. The Balaban J connectivity index is 1.20. The fourth-order valence-electron chi connectivity index (χ4n) is 4.76. The zero-order chi connectivity index (χ0) is 27.0. The number of amides is 1. The molecular formula is C31H35N7O. The number of rotatable bonds is 9. The van der Waals surface area contributed by atoms with Crippen LogP contribution in [0.25, 0.3) is 11.3 Å². The zero-order valence-electron chi connectivity index (χ0n) is 22.6. The van der Waals surface area contributed by atoms with Gasteiger partial charge in [-0.05, 0) is 73.5 Å². The molecule has 0 bridgehead atoms. The summed E-state index contributed by atoms with van der Waals surface area (Å²) in [5, 5.41) is 6.31. The average Bonchev–Trinajstić information content (AvgIpc) is 2.97. The maximum atomic E-state index is 13.0. The Morgan fingerprint density at radius 3 is 2.49 bits per heavy atom. The van der Waals surface area contributed by atoms with Crippen molar-refractivity contribution in [1.29, 1.82) is 0 Å². The van der Waals surface area contributed by atoms with E-state index in [0.717, 1.165) is 55.2 Å². The first-order chi connectivity index (χ1) is 19.1. The van der Waals surface area contributed by atoms with Gasteiger partial charge in [0.05, 0.1) is 5.69 Å². The number of nitrogens with one attached hydrogen (secondary N) is 2. The largest absolute Gasteiger partial charge is 0.324 e. The predicted octanol–water partition coefficient (Wildman–Crippen LogP) is 5.37. The number of hydrogen-bond donors (Lipinski definition) is 2. The van der Waals surface area contributed by atoms with E-state index in [-0.39, 0.29) is 5.91 Å². The van der Waals surface area contributed by atoms with Crippen LogP contribution in [-0.2, 0) is 6.54 Å². The number of aryl methyl sites for hydroxylation is 1. The van der Waals surface area contributed by atoms with Gasteiger partial charge >= 0.3 is 0 Å². The minimum atomic E-state index is -0.139. The maximum absolute atomic E-state index is 13.0. The van der Waals surface area contributed by atoms with E-state index >= 15 is 0 Å². The number of nitrogens with zero attached hydrogens (tertiary/aromatic N) is 5. The summed E-state index contributed by atoms with van der Waals surface area (Å²) in [7, 11) is 0. The SMILES string of the molecule is CCCN1CCN(Cc2ccc(C(=O)Nc3ccc(C)c(Nc4nccc(-c5cccnc5)n4)c3)cc2)CC1. The fraction of sp³-hybridized carbons (Fsp3) is 0.290. The van der Waals surface area contributed by atoms with Gasteiger partial charge in [0, 0.05) is 73.8 Å². The normalized spacial score (nSPS) is 14.2. The summed E-state index contributed by atoms with van der Waals surface area (Å²) in [6, 6.07) is 19.4. The molecule has 1 aliphatic rings. The Bertz CT molecular complexity index is 1380. The van der Waals surface area contributed by atoms with Crippen molar-refractivity contribution in [3.05, 3.63) is 95.9 Å². The molecule has 8 nitrogen and oxygen atoms in total. The van der Waals surface area contributed by atoms with Gasteiger partial charge in [-0.15, -0.1) is 0 Å². The van der Waals surface area contributed by atoms with Gasteiger partial charge in [0.15, 0.2) is 0 Å². The molecule has 200 valence electrons. The van der Waals surface area contributed by atoms with Crippen LogP contribution >= 0.6 is 0 Å². The van der Waals surface area contributed by atoms with Gasteiger partial charge in [-0.25, -0.2) is 9.97 Å². The molecule has 2 N–H and O–H groups in total. The molecule has 39 heavy (non-hydrogen) atoms. The molecule has 5 rings (SSSR count). The van der Waals surface area contributed by atoms with Crippen LogP contribution in [0.1, 0.15) is 34.8 Å². The highest BCUT2D eigenvalue weighted by molar-refractivity contribution is 6.04.